The molecular weight excluding hydrogens is 226 g/mol. The van der Waals surface area contributed by atoms with Crippen LogP contribution in [0.2, 0.25) is 0 Å². The summed E-state index contributed by atoms with van der Waals surface area (Å²) in [7, 11) is 0. The highest BCUT2D eigenvalue weighted by molar-refractivity contribution is 7.99. The number of hydrogen-bond acceptors (Lipinski definition) is 4. The van der Waals surface area contributed by atoms with Crippen LogP contribution in [0, 0.1) is 0 Å². The van der Waals surface area contributed by atoms with Crippen LogP contribution in [-0.2, 0) is 4.79 Å². The van der Waals surface area contributed by atoms with Gasteiger partial charge in [0.05, 0.1) is 5.75 Å². The zero-order valence-corrected chi connectivity index (χ0v) is 10.9. The highest BCUT2D eigenvalue weighted by Crippen LogP contribution is 2.01. The second-order valence-electron chi connectivity index (χ2n) is 4.45. The molecule has 0 unspecified atom stereocenters. The van der Waals surface area contributed by atoms with E-state index in [1.807, 2.05) is 20.8 Å². The molecule has 0 aromatic carbocycles. The third kappa shape index (κ3) is 9.79. The number of carbonyl (C=O) groups is 2. The summed E-state index contributed by atoms with van der Waals surface area (Å²) in [6.07, 6.45) is 0.881. The van der Waals surface area contributed by atoms with Gasteiger partial charge in [-0.15, -0.1) is 0 Å². The summed E-state index contributed by atoms with van der Waals surface area (Å²) in [5, 5.41) is 4.92. The number of rotatable bonds is 5. The van der Waals surface area contributed by atoms with Crippen molar-refractivity contribution in [2.75, 3.05) is 18.1 Å². The topological polar surface area (TPSA) is 84.2 Å². The van der Waals surface area contributed by atoms with Gasteiger partial charge in [0, 0.05) is 5.54 Å². The van der Waals surface area contributed by atoms with Gasteiger partial charge >= 0.3 is 6.03 Å². The lowest BCUT2D eigenvalue weighted by Gasteiger charge is -2.20. The first-order valence-corrected chi connectivity index (χ1v) is 6.40. The summed E-state index contributed by atoms with van der Waals surface area (Å²) in [6.45, 7) is 6.19. The molecule has 0 aromatic heterocycles. The van der Waals surface area contributed by atoms with Gasteiger partial charge < -0.3 is 11.1 Å². The van der Waals surface area contributed by atoms with Crippen LogP contribution >= 0.6 is 11.8 Å². The van der Waals surface area contributed by atoms with E-state index >= 15 is 0 Å². The van der Waals surface area contributed by atoms with Crippen LogP contribution in [0.3, 0.4) is 0 Å². The Labute approximate surface area is 101 Å². The number of thioether (sulfide) groups is 1. The Morgan fingerprint density at radius 1 is 1.31 bits per heavy atom. The van der Waals surface area contributed by atoms with Crippen molar-refractivity contribution in [1.82, 2.24) is 10.6 Å². The predicted molar refractivity (Wildman–Crippen MR) is 67.4 cm³/mol. The minimum atomic E-state index is -0.447. The van der Waals surface area contributed by atoms with Crippen molar-refractivity contribution in [2.45, 2.75) is 32.7 Å². The Balaban J connectivity index is 3.67. The average molecular weight is 247 g/mol. The summed E-state index contributed by atoms with van der Waals surface area (Å²) in [6, 6.07) is -0.447. The molecule has 0 aromatic rings. The molecule has 3 amide bonds. The number of urea groups is 1. The molecule has 0 aliphatic rings. The van der Waals surface area contributed by atoms with Gasteiger partial charge in [-0.05, 0) is 39.5 Å². The molecule has 0 fully saturated rings. The highest BCUT2D eigenvalue weighted by atomic mass is 32.2. The first-order chi connectivity index (χ1) is 7.35. The molecule has 6 heteroatoms. The van der Waals surface area contributed by atoms with E-state index in [0.29, 0.717) is 6.54 Å². The van der Waals surface area contributed by atoms with E-state index in [2.05, 4.69) is 10.6 Å². The van der Waals surface area contributed by atoms with Crippen molar-refractivity contribution in [1.29, 1.82) is 0 Å². The van der Waals surface area contributed by atoms with Crippen LogP contribution in [0.15, 0.2) is 0 Å². The highest BCUT2D eigenvalue weighted by Gasteiger charge is 2.15. The van der Waals surface area contributed by atoms with E-state index in [0.717, 1.165) is 12.2 Å². The SMILES string of the molecule is CC(C)(C)NC(=O)NC(=O)CSCCCN. The fourth-order valence-electron chi connectivity index (χ4n) is 0.885. The number of nitrogens with one attached hydrogen (secondary N) is 2. The van der Waals surface area contributed by atoms with Crippen LogP contribution in [-0.4, -0.2) is 35.5 Å². The summed E-state index contributed by atoms with van der Waals surface area (Å²) in [5.41, 5.74) is 4.98. The molecule has 16 heavy (non-hydrogen) atoms. The van der Waals surface area contributed by atoms with E-state index < -0.39 is 6.03 Å². The van der Waals surface area contributed by atoms with Gasteiger partial charge in [-0.25, -0.2) is 4.79 Å². The van der Waals surface area contributed by atoms with Gasteiger partial charge in [-0.1, -0.05) is 0 Å². The lowest BCUT2D eigenvalue weighted by molar-refractivity contribution is -0.117. The molecule has 0 bridgehead atoms. The summed E-state index contributed by atoms with van der Waals surface area (Å²) < 4.78 is 0. The van der Waals surface area contributed by atoms with E-state index in [9.17, 15) is 9.59 Å². The Bertz CT molecular complexity index is 239. The largest absolute Gasteiger partial charge is 0.333 e. The van der Waals surface area contributed by atoms with E-state index in [1.165, 1.54) is 11.8 Å². The summed E-state index contributed by atoms with van der Waals surface area (Å²) >= 11 is 1.47. The number of imide groups is 1. The van der Waals surface area contributed by atoms with Gasteiger partial charge in [0.15, 0.2) is 0 Å². The zero-order valence-electron chi connectivity index (χ0n) is 10.1. The summed E-state index contributed by atoms with van der Waals surface area (Å²) in [4.78, 5) is 22.6. The maximum atomic E-state index is 11.3. The molecule has 94 valence electrons. The molecule has 5 nitrogen and oxygen atoms in total. The number of hydrogen-bond donors (Lipinski definition) is 3. The number of nitrogens with two attached hydrogens (primary N) is 1. The smallest absolute Gasteiger partial charge is 0.321 e. The van der Waals surface area contributed by atoms with Crippen molar-refractivity contribution in [3.8, 4) is 0 Å². The minimum absolute atomic E-state index is 0.274. The van der Waals surface area contributed by atoms with Crippen molar-refractivity contribution in [3.63, 3.8) is 0 Å². The molecule has 0 saturated carbocycles. The van der Waals surface area contributed by atoms with Crippen LogP contribution in [0.5, 0.6) is 0 Å². The van der Waals surface area contributed by atoms with Gasteiger partial charge in [0.25, 0.3) is 0 Å². The van der Waals surface area contributed by atoms with E-state index in [1.54, 1.807) is 0 Å². The fourth-order valence-corrected chi connectivity index (χ4v) is 1.66. The molecule has 0 heterocycles. The molecule has 0 atom stereocenters. The van der Waals surface area contributed by atoms with Gasteiger partial charge in [-0.2, -0.15) is 11.8 Å². The third-order valence-corrected chi connectivity index (χ3v) is 2.51. The molecule has 0 saturated heterocycles. The Kier molecular flexibility index (Phi) is 7.16. The van der Waals surface area contributed by atoms with Crippen LogP contribution in [0.4, 0.5) is 4.79 Å². The van der Waals surface area contributed by atoms with Crippen LogP contribution < -0.4 is 16.4 Å². The van der Waals surface area contributed by atoms with Gasteiger partial charge in [0.1, 0.15) is 0 Å². The Morgan fingerprint density at radius 2 is 1.94 bits per heavy atom. The Morgan fingerprint density at radius 3 is 2.44 bits per heavy atom. The number of amides is 3. The molecule has 0 rings (SSSR count). The maximum Gasteiger partial charge on any atom is 0.321 e. The van der Waals surface area contributed by atoms with Gasteiger partial charge in [-0.3, -0.25) is 10.1 Å². The molecule has 0 spiro atoms. The van der Waals surface area contributed by atoms with Crippen molar-refractivity contribution in [3.05, 3.63) is 0 Å². The standard InChI is InChI=1S/C10H21N3O2S/c1-10(2,3)13-9(15)12-8(14)7-16-6-4-5-11/h4-7,11H2,1-3H3,(H2,12,13,14,15). The maximum absolute atomic E-state index is 11.3. The van der Waals surface area contributed by atoms with Crippen LogP contribution in [0.1, 0.15) is 27.2 Å². The predicted octanol–water partition coefficient (Wildman–Crippen LogP) is 0.693. The number of carbonyl (C=O) groups excluding carboxylic acids is 2. The van der Waals surface area contributed by atoms with Gasteiger partial charge in [0.2, 0.25) is 5.91 Å². The van der Waals surface area contributed by atoms with E-state index in [-0.39, 0.29) is 17.2 Å². The second-order valence-corrected chi connectivity index (χ2v) is 5.55. The zero-order chi connectivity index (χ0) is 12.6. The Hall–Kier alpha value is -0.750. The second kappa shape index (κ2) is 7.51. The molecule has 0 aliphatic heterocycles. The van der Waals surface area contributed by atoms with Crippen molar-refractivity contribution >= 4 is 23.7 Å². The van der Waals surface area contributed by atoms with Crippen LogP contribution in [0.25, 0.3) is 0 Å². The molecule has 0 aliphatic carbocycles. The van der Waals surface area contributed by atoms with Crippen molar-refractivity contribution in [2.24, 2.45) is 5.73 Å². The minimum Gasteiger partial charge on any atom is -0.333 e. The first kappa shape index (κ1) is 15.2. The monoisotopic (exact) mass is 247 g/mol. The molecule has 0 radical (unpaired) electrons. The quantitative estimate of drug-likeness (QED) is 0.624. The van der Waals surface area contributed by atoms with E-state index in [4.69, 9.17) is 5.73 Å². The molecule has 4 N–H and O–H groups in total. The average Bonchev–Trinajstić information content (AvgIpc) is 2.09. The summed E-state index contributed by atoms with van der Waals surface area (Å²) in [5.74, 6) is 0.853. The molecular formula is C10H21N3O2S. The third-order valence-electron chi connectivity index (χ3n) is 1.47. The van der Waals surface area contributed by atoms with Crippen molar-refractivity contribution < 1.29 is 9.59 Å². The fraction of sp³-hybridized carbons (Fsp3) is 0.800. The first-order valence-electron chi connectivity index (χ1n) is 5.25. The lowest BCUT2D eigenvalue weighted by Crippen LogP contribution is -2.48. The lowest BCUT2D eigenvalue weighted by atomic mass is 10.1. The normalized spacial score (nSPS) is 11.0.